The van der Waals surface area contributed by atoms with Crippen LogP contribution in [0.2, 0.25) is 5.02 Å². The van der Waals surface area contributed by atoms with Crippen LogP contribution in [-0.4, -0.2) is 11.0 Å². The fourth-order valence-electron chi connectivity index (χ4n) is 2.20. The highest BCUT2D eigenvalue weighted by Crippen LogP contribution is 2.27. The van der Waals surface area contributed by atoms with Crippen LogP contribution >= 0.6 is 22.9 Å². The summed E-state index contributed by atoms with van der Waals surface area (Å²) in [6.07, 6.45) is 0. The molecule has 2 N–H and O–H groups in total. The van der Waals surface area contributed by atoms with E-state index in [0.717, 1.165) is 15.8 Å². The molecule has 3 aromatic rings. The number of thiazole rings is 1. The molecule has 0 aliphatic carbocycles. The Bertz CT molecular complexity index is 912. The smallest absolute Gasteiger partial charge is 0.319 e. The lowest BCUT2D eigenvalue weighted by Crippen LogP contribution is -2.31. The Hall–Kier alpha value is -2.18. The number of rotatable bonds is 3. The summed E-state index contributed by atoms with van der Waals surface area (Å²) in [5, 5.41) is 6.86. The number of halogens is 2. The van der Waals surface area contributed by atoms with E-state index in [-0.39, 0.29) is 17.9 Å². The molecule has 0 aliphatic heterocycles. The second-order valence-electron chi connectivity index (χ2n) is 5.45. The van der Waals surface area contributed by atoms with E-state index < -0.39 is 0 Å². The standard InChI is InChI=1S/C17H15ClFN3OS/c1-9-3-5-12(8-13(9)18)21-17(23)20-10(2)16-22-14-6-4-11(19)7-15(14)24-16/h3-8,10H,1-2H3,(H2,20,21,23)/t10-/m1/s1. The van der Waals surface area contributed by atoms with Crippen LogP contribution in [0.4, 0.5) is 14.9 Å². The third-order valence-electron chi connectivity index (χ3n) is 3.51. The van der Waals surface area contributed by atoms with Gasteiger partial charge in [0.1, 0.15) is 10.8 Å². The molecule has 2 amide bonds. The van der Waals surface area contributed by atoms with Gasteiger partial charge in [-0.25, -0.2) is 14.2 Å². The number of nitrogens with zero attached hydrogens (tertiary/aromatic N) is 1. The molecule has 0 bridgehead atoms. The first-order valence-electron chi connectivity index (χ1n) is 7.32. The molecule has 0 spiro atoms. The summed E-state index contributed by atoms with van der Waals surface area (Å²) in [5.41, 5.74) is 2.27. The first kappa shape index (κ1) is 16.7. The van der Waals surface area contributed by atoms with Crippen LogP contribution < -0.4 is 10.6 Å². The van der Waals surface area contributed by atoms with Crippen LogP contribution in [-0.2, 0) is 0 Å². The maximum Gasteiger partial charge on any atom is 0.319 e. The van der Waals surface area contributed by atoms with Gasteiger partial charge >= 0.3 is 6.03 Å². The van der Waals surface area contributed by atoms with Crippen LogP contribution in [0.15, 0.2) is 36.4 Å². The number of carbonyl (C=O) groups excluding carboxylic acids is 1. The molecule has 3 rings (SSSR count). The minimum atomic E-state index is -0.354. The van der Waals surface area contributed by atoms with Gasteiger partial charge in [-0.1, -0.05) is 17.7 Å². The fraction of sp³-hybridized carbons (Fsp3) is 0.176. The second-order valence-corrected chi connectivity index (χ2v) is 6.92. The highest BCUT2D eigenvalue weighted by Gasteiger charge is 2.15. The van der Waals surface area contributed by atoms with Crippen molar-refractivity contribution in [2.75, 3.05) is 5.32 Å². The third-order valence-corrected chi connectivity index (χ3v) is 5.12. The molecule has 24 heavy (non-hydrogen) atoms. The summed E-state index contributed by atoms with van der Waals surface area (Å²) in [4.78, 5) is 16.5. The molecule has 2 aromatic carbocycles. The predicted octanol–water partition coefficient (Wildman–Crippen LogP) is 5.28. The van der Waals surface area contributed by atoms with Crippen LogP contribution in [0.5, 0.6) is 0 Å². The van der Waals surface area contributed by atoms with Gasteiger partial charge in [-0.2, -0.15) is 0 Å². The lowest BCUT2D eigenvalue weighted by atomic mass is 10.2. The highest BCUT2D eigenvalue weighted by atomic mass is 35.5. The minimum Gasteiger partial charge on any atom is -0.329 e. The van der Waals surface area contributed by atoms with Gasteiger partial charge in [0.15, 0.2) is 0 Å². The normalized spacial score (nSPS) is 12.2. The molecule has 0 aliphatic rings. The molecule has 4 nitrogen and oxygen atoms in total. The van der Waals surface area contributed by atoms with E-state index in [1.54, 1.807) is 18.2 Å². The van der Waals surface area contributed by atoms with Gasteiger partial charge in [-0.3, -0.25) is 0 Å². The van der Waals surface area contributed by atoms with E-state index in [1.807, 2.05) is 19.9 Å². The second kappa shape index (κ2) is 6.75. The topological polar surface area (TPSA) is 54.0 Å². The van der Waals surface area contributed by atoms with Crippen molar-refractivity contribution < 1.29 is 9.18 Å². The largest absolute Gasteiger partial charge is 0.329 e. The Morgan fingerprint density at radius 3 is 2.83 bits per heavy atom. The van der Waals surface area contributed by atoms with Gasteiger partial charge < -0.3 is 10.6 Å². The Morgan fingerprint density at radius 1 is 1.29 bits per heavy atom. The molecule has 0 fully saturated rings. The van der Waals surface area contributed by atoms with Crippen molar-refractivity contribution in [3.8, 4) is 0 Å². The summed E-state index contributed by atoms with van der Waals surface area (Å²) in [6.45, 7) is 3.72. The third kappa shape index (κ3) is 3.66. The number of fused-ring (bicyclic) bond motifs is 1. The van der Waals surface area contributed by atoms with Gasteiger partial charge in [-0.05, 0) is 49.7 Å². The Morgan fingerprint density at radius 2 is 2.08 bits per heavy atom. The molecule has 1 aromatic heterocycles. The predicted molar refractivity (Wildman–Crippen MR) is 96.3 cm³/mol. The van der Waals surface area contributed by atoms with E-state index in [4.69, 9.17) is 11.6 Å². The van der Waals surface area contributed by atoms with Crippen molar-refractivity contribution >= 4 is 44.9 Å². The van der Waals surface area contributed by atoms with Crippen LogP contribution in [0.25, 0.3) is 10.2 Å². The van der Waals surface area contributed by atoms with Crippen molar-refractivity contribution in [2.24, 2.45) is 0 Å². The van der Waals surface area contributed by atoms with Crippen LogP contribution in [0.3, 0.4) is 0 Å². The summed E-state index contributed by atoms with van der Waals surface area (Å²) in [5.74, 6) is -0.299. The van der Waals surface area contributed by atoms with Crippen molar-refractivity contribution in [2.45, 2.75) is 19.9 Å². The number of hydrogen-bond acceptors (Lipinski definition) is 3. The Labute approximate surface area is 147 Å². The average Bonchev–Trinajstić information content (AvgIpc) is 2.94. The number of aromatic nitrogens is 1. The number of anilines is 1. The Kier molecular flexibility index (Phi) is 4.69. The van der Waals surface area contributed by atoms with Gasteiger partial charge in [0.2, 0.25) is 0 Å². The quantitative estimate of drug-likeness (QED) is 0.665. The van der Waals surface area contributed by atoms with E-state index >= 15 is 0 Å². The molecule has 1 heterocycles. The number of amides is 2. The summed E-state index contributed by atoms with van der Waals surface area (Å²) < 4.78 is 14.0. The van der Waals surface area contributed by atoms with Crippen molar-refractivity contribution in [1.82, 2.24) is 10.3 Å². The Balaban J connectivity index is 1.69. The van der Waals surface area contributed by atoms with E-state index in [0.29, 0.717) is 15.7 Å². The zero-order valence-electron chi connectivity index (χ0n) is 13.1. The number of hydrogen-bond donors (Lipinski definition) is 2. The summed E-state index contributed by atoms with van der Waals surface area (Å²) >= 11 is 7.40. The number of carbonyl (C=O) groups is 1. The first-order chi connectivity index (χ1) is 11.4. The molecule has 0 saturated heterocycles. The molecule has 0 unspecified atom stereocenters. The SMILES string of the molecule is Cc1ccc(NC(=O)N[C@H](C)c2nc3ccc(F)cc3s2)cc1Cl. The monoisotopic (exact) mass is 363 g/mol. The number of benzene rings is 2. The zero-order valence-corrected chi connectivity index (χ0v) is 14.6. The fourth-order valence-corrected chi connectivity index (χ4v) is 3.37. The molecule has 0 saturated carbocycles. The number of nitrogens with one attached hydrogen (secondary N) is 2. The molecular weight excluding hydrogens is 349 g/mol. The molecule has 124 valence electrons. The van der Waals surface area contributed by atoms with Gasteiger partial charge in [0.25, 0.3) is 0 Å². The van der Waals surface area contributed by atoms with E-state index in [9.17, 15) is 9.18 Å². The van der Waals surface area contributed by atoms with Crippen molar-refractivity contribution in [3.05, 3.63) is 57.8 Å². The molecule has 7 heteroatoms. The zero-order chi connectivity index (χ0) is 17.3. The number of urea groups is 1. The average molecular weight is 364 g/mol. The summed E-state index contributed by atoms with van der Waals surface area (Å²) in [6, 6.07) is 9.11. The minimum absolute atomic E-state index is 0.299. The number of aryl methyl sites for hydroxylation is 1. The van der Waals surface area contributed by atoms with Crippen LogP contribution in [0.1, 0.15) is 23.5 Å². The molecular formula is C17H15ClFN3OS. The van der Waals surface area contributed by atoms with E-state index in [2.05, 4.69) is 15.6 Å². The highest BCUT2D eigenvalue weighted by molar-refractivity contribution is 7.18. The van der Waals surface area contributed by atoms with Gasteiger partial charge in [0, 0.05) is 10.7 Å². The maximum absolute atomic E-state index is 13.2. The van der Waals surface area contributed by atoms with Crippen molar-refractivity contribution in [1.29, 1.82) is 0 Å². The van der Waals surface area contributed by atoms with Crippen LogP contribution in [0, 0.1) is 12.7 Å². The van der Waals surface area contributed by atoms with E-state index in [1.165, 1.54) is 23.5 Å². The first-order valence-corrected chi connectivity index (χ1v) is 8.51. The van der Waals surface area contributed by atoms with Gasteiger partial charge in [-0.15, -0.1) is 11.3 Å². The lowest BCUT2D eigenvalue weighted by molar-refractivity contribution is 0.249. The summed E-state index contributed by atoms with van der Waals surface area (Å²) in [7, 11) is 0. The molecule has 0 radical (unpaired) electrons. The maximum atomic E-state index is 13.2. The van der Waals surface area contributed by atoms with Gasteiger partial charge in [0.05, 0.1) is 16.3 Å². The lowest BCUT2D eigenvalue weighted by Gasteiger charge is -2.12. The van der Waals surface area contributed by atoms with Crippen molar-refractivity contribution in [3.63, 3.8) is 0 Å². The molecule has 1 atom stereocenters.